The lowest BCUT2D eigenvalue weighted by molar-refractivity contribution is -0.168. The quantitative estimate of drug-likeness (QED) is 0.568. The summed E-state index contributed by atoms with van der Waals surface area (Å²) >= 11 is 0. The van der Waals surface area contributed by atoms with Gasteiger partial charge < -0.3 is 9.53 Å². The van der Waals surface area contributed by atoms with Gasteiger partial charge in [0, 0.05) is 31.1 Å². The van der Waals surface area contributed by atoms with Gasteiger partial charge in [0.1, 0.15) is 11.6 Å². The maximum Gasteiger partial charge on any atom is 0.304 e. The molecule has 0 aromatic heterocycles. The molecule has 0 bridgehead atoms. The number of fused-ring (bicyclic) bond motifs is 3. The van der Waals surface area contributed by atoms with E-state index >= 15 is 0 Å². The van der Waals surface area contributed by atoms with Gasteiger partial charge in [0.2, 0.25) is 0 Å². The van der Waals surface area contributed by atoms with Crippen LogP contribution >= 0.6 is 0 Å². The van der Waals surface area contributed by atoms with Crippen LogP contribution in [0.4, 0.5) is 0 Å². The number of terminal acetylenes is 1. The molecule has 26 heavy (non-hydrogen) atoms. The maximum absolute atomic E-state index is 12.5. The largest absolute Gasteiger partial charge is 0.445 e. The Morgan fingerprint density at radius 3 is 2.54 bits per heavy atom. The van der Waals surface area contributed by atoms with Gasteiger partial charge in [0.15, 0.2) is 5.60 Å². The zero-order valence-electron chi connectivity index (χ0n) is 16.2. The first kappa shape index (κ1) is 19.1. The molecular weight excluding hydrogens is 328 g/mol. The van der Waals surface area contributed by atoms with Crippen molar-refractivity contribution in [2.75, 3.05) is 0 Å². The van der Waals surface area contributed by atoms with Crippen LogP contribution in [0.15, 0.2) is 0 Å². The molecule has 0 saturated heterocycles. The molecule has 4 nitrogen and oxygen atoms in total. The molecule has 3 fully saturated rings. The normalized spacial score (nSPS) is 41.7. The molecule has 0 amide bonds. The number of ketones is 2. The van der Waals surface area contributed by atoms with E-state index in [1.54, 1.807) is 6.92 Å². The van der Waals surface area contributed by atoms with Crippen molar-refractivity contribution in [3.8, 4) is 12.3 Å². The van der Waals surface area contributed by atoms with Crippen LogP contribution in [-0.2, 0) is 19.1 Å². The van der Waals surface area contributed by atoms with Gasteiger partial charge in [0.05, 0.1) is 0 Å². The highest BCUT2D eigenvalue weighted by Crippen LogP contribution is 2.64. The predicted molar refractivity (Wildman–Crippen MR) is 98.0 cm³/mol. The number of carbonyl (C=O) groups excluding carboxylic acids is 3. The van der Waals surface area contributed by atoms with Crippen LogP contribution in [-0.4, -0.2) is 23.1 Å². The second kappa shape index (κ2) is 6.83. The topological polar surface area (TPSA) is 60.4 Å². The molecule has 0 aromatic rings. The Bertz CT molecular complexity index is 660. The average molecular weight is 358 g/mol. The second-order valence-electron chi connectivity index (χ2n) is 8.85. The summed E-state index contributed by atoms with van der Waals surface area (Å²) in [6, 6.07) is 0. The van der Waals surface area contributed by atoms with Gasteiger partial charge in [-0.25, -0.2) is 0 Å². The van der Waals surface area contributed by atoms with E-state index in [-0.39, 0.29) is 23.1 Å². The summed E-state index contributed by atoms with van der Waals surface area (Å²) in [4.78, 5) is 35.7. The molecule has 142 valence electrons. The van der Waals surface area contributed by atoms with Crippen LogP contribution in [0.25, 0.3) is 0 Å². The van der Waals surface area contributed by atoms with Crippen LogP contribution in [0.1, 0.15) is 72.1 Å². The van der Waals surface area contributed by atoms with Crippen molar-refractivity contribution in [1.82, 2.24) is 0 Å². The number of ether oxygens (including phenoxy) is 1. The Labute approximate surface area is 156 Å². The van der Waals surface area contributed by atoms with Crippen LogP contribution in [0.3, 0.4) is 0 Å². The first-order chi connectivity index (χ1) is 12.2. The van der Waals surface area contributed by atoms with E-state index in [9.17, 15) is 14.4 Å². The van der Waals surface area contributed by atoms with Crippen LogP contribution in [0.2, 0.25) is 0 Å². The van der Waals surface area contributed by atoms with E-state index in [1.165, 1.54) is 6.92 Å². The molecule has 0 spiro atoms. The van der Waals surface area contributed by atoms with Crippen LogP contribution in [0, 0.1) is 41.4 Å². The zero-order chi connectivity index (χ0) is 19.1. The zero-order valence-corrected chi connectivity index (χ0v) is 16.2. The van der Waals surface area contributed by atoms with E-state index in [1.807, 2.05) is 0 Å². The first-order valence-corrected chi connectivity index (χ1v) is 9.93. The molecule has 3 aliphatic rings. The highest BCUT2D eigenvalue weighted by molar-refractivity contribution is 5.83. The third kappa shape index (κ3) is 2.90. The van der Waals surface area contributed by atoms with E-state index in [0.29, 0.717) is 49.2 Å². The predicted octanol–water partition coefficient (Wildman–Crippen LogP) is 3.71. The Morgan fingerprint density at radius 2 is 1.92 bits per heavy atom. The maximum atomic E-state index is 12.5. The summed E-state index contributed by atoms with van der Waals surface area (Å²) in [5, 5.41) is 0. The molecule has 3 aliphatic carbocycles. The van der Waals surface area contributed by atoms with Crippen molar-refractivity contribution in [1.29, 1.82) is 0 Å². The third-order valence-electron chi connectivity index (χ3n) is 7.63. The number of rotatable bonds is 4. The smallest absolute Gasteiger partial charge is 0.304 e. The van der Waals surface area contributed by atoms with Gasteiger partial charge in [-0.1, -0.05) is 12.8 Å². The van der Waals surface area contributed by atoms with E-state index in [4.69, 9.17) is 11.2 Å². The van der Waals surface area contributed by atoms with Crippen LogP contribution in [0.5, 0.6) is 0 Å². The number of hydrogen-bond donors (Lipinski definition) is 0. The molecule has 6 atom stereocenters. The van der Waals surface area contributed by atoms with Crippen molar-refractivity contribution in [3.63, 3.8) is 0 Å². The van der Waals surface area contributed by atoms with Gasteiger partial charge in [0.25, 0.3) is 0 Å². The molecule has 3 rings (SSSR count). The van der Waals surface area contributed by atoms with Crippen molar-refractivity contribution in [3.05, 3.63) is 0 Å². The molecule has 1 unspecified atom stereocenters. The fourth-order valence-corrected chi connectivity index (χ4v) is 6.38. The standard InChI is InChI=1S/C22H30O4/c1-5-22(26-15(3)24)13-11-19-17-8-9-20(25)18(7-6-14(2)23)16(17)10-12-21(19,22)4/h1,16-19H,6-13H2,2-4H3/t16-,17+,18?,19-,21-,22-/m0/s1. The summed E-state index contributed by atoms with van der Waals surface area (Å²) in [7, 11) is 0. The molecule has 0 N–H and O–H groups in total. The molecule has 4 heteroatoms. The minimum Gasteiger partial charge on any atom is -0.445 e. The lowest BCUT2D eigenvalue weighted by Gasteiger charge is -2.53. The summed E-state index contributed by atoms with van der Waals surface area (Å²) in [5.41, 5.74) is -1.04. The molecule has 0 aliphatic heterocycles. The number of Topliss-reactive ketones (excluding diaryl/α,β-unsaturated/α-hetero) is 2. The fraction of sp³-hybridized carbons (Fsp3) is 0.773. The van der Waals surface area contributed by atoms with Crippen molar-refractivity contribution in [2.45, 2.75) is 77.7 Å². The number of carbonyl (C=O) groups is 3. The SMILES string of the molecule is C#C[C@]1(OC(C)=O)CC[C@H]2[C@@H]3CCC(=O)C(CCC(C)=O)[C@H]3CC[C@@]21C. The average Bonchev–Trinajstić information content (AvgIpc) is 2.86. The van der Waals surface area contributed by atoms with E-state index in [0.717, 1.165) is 25.7 Å². The minimum absolute atomic E-state index is 0.0109. The van der Waals surface area contributed by atoms with Gasteiger partial charge >= 0.3 is 5.97 Å². The molecule has 0 aromatic carbocycles. The van der Waals surface area contributed by atoms with E-state index in [2.05, 4.69) is 12.8 Å². The summed E-state index contributed by atoms with van der Waals surface area (Å²) < 4.78 is 5.74. The van der Waals surface area contributed by atoms with Gasteiger partial charge in [-0.15, -0.1) is 6.42 Å². The van der Waals surface area contributed by atoms with Gasteiger partial charge in [-0.2, -0.15) is 0 Å². The van der Waals surface area contributed by atoms with E-state index < -0.39 is 5.60 Å². The fourth-order valence-electron chi connectivity index (χ4n) is 6.38. The highest BCUT2D eigenvalue weighted by Gasteiger charge is 2.64. The lowest BCUT2D eigenvalue weighted by atomic mass is 9.51. The Kier molecular flexibility index (Phi) is 5.03. The number of esters is 1. The highest BCUT2D eigenvalue weighted by atomic mass is 16.6. The lowest BCUT2D eigenvalue weighted by Crippen LogP contribution is -2.54. The van der Waals surface area contributed by atoms with Gasteiger partial charge in [-0.3, -0.25) is 9.59 Å². The second-order valence-corrected chi connectivity index (χ2v) is 8.85. The molecule has 0 heterocycles. The molecular formula is C22H30O4. The molecule has 0 radical (unpaired) electrons. The third-order valence-corrected chi connectivity index (χ3v) is 7.63. The van der Waals surface area contributed by atoms with Crippen molar-refractivity contribution < 1.29 is 19.1 Å². The molecule has 3 saturated carbocycles. The summed E-state index contributed by atoms with van der Waals surface area (Å²) in [5.74, 6) is 4.20. The monoisotopic (exact) mass is 358 g/mol. The Hall–Kier alpha value is -1.63. The summed E-state index contributed by atoms with van der Waals surface area (Å²) in [6.07, 6.45) is 12.0. The Balaban J connectivity index is 1.86. The van der Waals surface area contributed by atoms with Crippen molar-refractivity contribution >= 4 is 17.5 Å². The van der Waals surface area contributed by atoms with Crippen molar-refractivity contribution in [2.24, 2.45) is 29.1 Å². The summed E-state index contributed by atoms with van der Waals surface area (Å²) in [6.45, 7) is 5.21. The minimum atomic E-state index is -0.815. The Morgan fingerprint density at radius 1 is 1.19 bits per heavy atom. The van der Waals surface area contributed by atoms with Gasteiger partial charge in [-0.05, 0) is 63.2 Å². The first-order valence-electron chi connectivity index (χ1n) is 9.93. The van der Waals surface area contributed by atoms with Crippen LogP contribution < -0.4 is 0 Å². The number of hydrogen-bond acceptors (Lipinski definition) is 4.